The van der Waals surface area contributed by atoms with Gasteiger partial charge < -0.3 is 20.7 Å². The summed E-state index contributed by atoms with van der Waals surface area (Å²) < 4.78 is 5.17. The maximum absolute atomic E-state index is 13.2. The number of nitrogens with one attached hydrogen (secondary N) is 1. The molecule has 1 aromatic carbocycles. The maximum Gasteiger partial charge on any atom is 0.251 e. The third-order valence-electron chi connectivity index (χ3n) is 5.76. The molecular weight excluding hydrogens is 386 g/mol. The van der Waals surface area contributed by atoms with Crippen LogP contribution in [-0.4, -0.2) is 60.2 Å². The first-order valence-electron chi connectivity index (χ1n) is 10.2. The van der Waals surface area contributed by atoms with Crippen LogP contribution in [0, 0.1) is 11.8 Å². The van der Waals surface area contributed by atoms with Crippen LogP contribution in [0.15, 0.2) is 30.3 Å². The van der Waals surface area contributed by atoms with Crippen LogP contribution in [0.1, 0.15) is 44.0 Å². The van der Waals surface area contributed by atoms with E-state index in [0.29, 0.717) is 30.2 Å². The summed E-state index contributed by atoms with van der Waals surface area (Å²) in [5.74, 6) is -1.26. The third kappa shape index (κ3) is 5.66. The van der Waals surface area contributed by atoms with E-state index in [2.05, 4.69) is 26.1 Å². The van der Waals surface area contributed by atoms with Gasteiger partial charge in [-0.2, -0.15) is 0 Å². The van der Waals surface area contributed by atoms with Crippen molar-refractivity contribution in [1.82, 2.24) is 10.2 Å². The Morgan fingerprint density at radius 3 is 2.37 bits per heavy atom. The second-order valence-electron chi connectivity index (χ2n) is 8.18. The van der Waals surface area contributed by atoms with Crippen molar-refractivity contribution in [1.29, 1.82) is 0 Å². The molecule has 0 radical (unpaired) electrons. The van der Waals surface area contributed by atoms with Crippen molar-refractivity contribution in [3.8, 4) is 0 Å². The molecule has 0 bridgehead atoms. The first kappa shape index (κ1) is 23.5. The summed E-state index contributed by atoms with van der Waals surface area (Å²) in [7, 11) is 1.43. The average Bonchev–Trinajstić information content (AvgIpc) is 3.11. The lowest BCUT2D eigenvalue weighted by Gasteiger charge is -2.30. The van der Waals surface area contributed by atoms with Crippen molar-refractivity contribution in [2.24, 2.45) is 17.6 Å². The summed E-state index contributed by atoms with van der Waals surface area (Å²) in [5, 5.41) is 2.79. The van der Waals surface area contributed by atoms with Crippen molar-refractivity contribution in [2.45, 2.75) is 51.8 Å². The number of ketones is 1. The quantitative estimate of drug-likeness (QED) is 0.624. The predicted molar refractivity (Wildman–Crippen MR) is 111 cm³/mol. The average molecular weight is 418 g/mol. The molecule has 164 valence electrons. The van der Waals surface area contributed by atoms with Crippen LogP contribution in [0.3, 0.4) is 0 Å². The lowest BCUT2D eigenvalue weighted by molar-refractivity contribution is -0.141. The Balaban J connectivity index is 2.20. The summed E-state index contributed by atoms with van der Waals surface area (Å²) in [6.45, 7) is 6.01. The van der Waals surface area contributed by atoms with Crippen molar-refractivity contribution in [3.63, 3.8) is 0 Å². The van der Waals surface area contributed by atoms with Gasteiger partial charge in [0.15, 0.2) is 11.9 Å². The zero-order chi connectivity index (χ0) is 22.4. The molecule has 1 aliphatic heterocycles. The molecule has 1 aromatic rings. The zero-order valence-corrected chi connectivity index (χ0v) is 18.0. The SMILES string of the molecule is CC(C)C(C)CCC(NC(=O)c1ccccc1)C(=O)N(C)C1C(=O)CO[C@@H]1C(N)=O. The van der Waals surface area contributed by atoms with E-state index in [1.807, 2.05) is 0 Å². The number of nitrogens with two attached hydrogens (primary N) is 1. The molecule has 0 aliphatic carbocycles. The van der Waals surface area contributed by atoms with Crippen LogP contribution in [-0.2, 0) is 19.1 Å². The zero-order valence-electron chi connectivity index (χ0n) is 18.0. The lowest BCUT2D eigenvalue weighted by atomic mass is 9.91. The van der Waals surface area contributed by atoms with Gasteiger partial charge in [0.2, 0.25) is 11.8 Å². The Hall–Kier alpha value is -2.74. The molecule has 0 spiro atoms. The number of hydrogen-bond acceptors (Lipinski definition) is 5. The first-order valence-corrected chi connectivity index (χ1v) is 10.2. The summed E-state index contributed by atoms with van der Waals surface area (Å²) in [4.78, 5) is 51.0. The normalized spacial score (nSPS) is 20.6. The summed E-state index contributed by atoms with van der Waals surface area (Å²) in [5.41, 5.74) is 5.76. The second kappa shape index (κ2) is 10.3. The highest BCUT2D eigenvalue weighted by molar-refractivity contribution is 6.01. The highest BCUT2D eigenvalue weighted by Gasteiger charge is 2.45. The van der Waals surface area contributed by atoms with E-state index in [4.69, 9.17) is 10.5 Å². The van der Waals surface area contributed by atoms with Crippen LogP contribution in [0.5, 0.6) is 0 Å². The molecule has 1 heterocycles. The number of hydrogen-bond donors (Lipinski definition) is 2. The van der Waals surface area contributed by atoms with E-state index < -0.39 is 35.8 Å². The minimum absolute atomic E-state index is 0.276. The minimum atomic E-state index is -1.19. The van der Waals surface area contributed by atoms with Crippen LogP contribution in [0.25, 0.3) is 0 Å². The summed E-state index contributed by atoms with van der Waals surface area (Å²) in [6.07, 6.45) is -0.0679. The number of carbonyl (C=O) groups excluding carboxylic acids is 4. The van der Waals surface area contributed by atoms with Gasteiger partial charge in [-0.1, -0.05) is 39.0 Å². The third-order valence-corrected chi connectivity index (χ3v) is 5.76. The van der Waals surface area contributed by atoms with Gasteiger partial charge in [-0.15, -0.1) is 0 Å². The lowest BCUT2D eigenvalue weighted by Crippen LogP contribution is -2.56. The van der Waals surface area contributed by atoms with Gasteiger partial charge in [-0.3, -0.25) is 19.2 Å². The van der Waals surface area contributed by atoms with Crippen molar-refractivity contribution in [2.75, 3.05) is 13.7 Å². The standard InChI is InChI=1S/C22H31N3O5/c1-13(2)14(3)10-11-16(24-21(28)15-8-6-5-7-9-15)22(29)25(4)18-17(26)12-30-19(18)20(23)27/h5-9,13-14,16,18-19H,10-12H2,1-4H3,(H2,23,27)(H,24,28)/t14?,16?,18?,19-/m0/s1. The number of amides is 3. The number of rotatable bonds is 9. The van der Waals surface area contributed by atoms with Gasteiger partial charge in [0.05, 0.1) is 0 Å². The highest BCUT2D eigenvalue weighted by Crippen LogP contribution is 2.21. The van der Waals surface area contributed by atoms with Crippen LogP contribution in [0.4, 0.5) is 0 Å². The fourth-order valence-electron chi connectivity index (χ4n) is 3.41. The maximum atomic E-state index is 13.2. The molecule has 1 aliphatic rings. The van der Waals surface area contributed by atoms with E-state index in [0.717, 1.165) is 0 Å². The molecule has 2 rings (SSSR count). The summed E-state index contributed by atoms with van der Waals surface area (Å²) >= 11 is 0. The Bertz CT molecular complexity index is 780. The predicted octanol–water partition coefficient (Wildman–Crippen LogP) is 1.14. The molecule has 3 N–H and O–H groups in total. The van der Waals surface area contributed by atoms with E-state index in [1.54, 1.807) is 30.3 Å². The van der Waals surface area contributed by atoms with Gasteiger partial charge >= 0.3 is 0 Å². The monoisotopic (exact) mass is 417 g/mol. The number of nitrogens with zero attached hydrogens (tertiary/aromatic N) is 1. The van der Waals surface area contributed by atoms with Crippen LogP contribution in [0.2, 0.25) is 0 Å². The van der Waals surface area contributed by atoms with Gasteiger partial charge in [-0.25, -0.2) is 0 Å². The fourth-order valence-corrected chi connectivity index (χ4v) is 3.41. The molecule has 0 aromatic heterocycles. The molecule has 0 saturated carbocycles. The largest absolute Gasteiger partial charge is 0.367 e. The fraction of sp³-hybridized carbons (Fsp3) is 0.545. The van der Waals surface area contributed by atoms with Crippen molar-refractivity contribution in [3.05, 3.63) is 35.9 Å². The number of Topliss-reactive ketones (excluding diaryl/α,β-unsaturated/α-hetero) is 1. The number of likely N-dealkylation sites (N-methyl/N-ethyl adjacent to an activating group) is 1. The minimum Gasteiger partial charge on any atom is -0.367 e. The smallest absolute Gasteiger partial charge is 0.251 e. The summed E-state index contributed by atoms with van der Waals surface area (Å²) in [6, 6.07) is 6.67. The molecule has 1 fully saturated rings. The van der Waals surface area contributed by atoms with Gasteiger partial charge in [0, 0.05) is 12.6 Å². The Morgan fingerprint density at radius 2 is 1.80 bits per heavy atom. The molecule has 4 atom stereocenters. The number of carbonyl (C=O) groups is 4. The van der Waals surface area contributed by atoms with Crippen LogP contribution < -0.4 is 11.1 Å². The Morgan fingerprint density at radius 1 is 1.17 bits per heavy atom. The molecule has 8 nitrogen and oxygen atoms in total. The van der Waals surface area contributed by atoms with E-state index in [-0.39, 0.29) is 12.5 Å². The molecule has 30 heavy (non-hydrogen) atoms. The Labute approximate surface area is 177 Å². The van der Waals surface area contributed by atoms with Gasteiger partial charge in [-0.05, 0) is 36.8 Å². The first-order chi connectivity index (χ1) is 14.1. The Kier molecular flexibility index (Phi) is 8.11. The highest BCUT2D eigenvalue weighted by atomic mass is 16.5. The number of primary amides is 1. The second-order valence-corrected chi connectivity index (χ2v) is 8.18. The molecule has 3 unspecified atom stereocenters. The number of benzene rings is 1. The molecule has 3 amide bonds. The van der Waals surface area contributed by atoms with Crippen molar-refractivity contribution >= 4 is 23.5 Å². The molecular formula is C22H31N3O5. The van der Waals surface area contributed by atoms with Crippen LogP contribution >= 0.6 is 0 Å². The molecule has 1 saturated heterocycles. The van der Waals surface area contributed by atoms with Crippen molar-refractivity contribution < 1.29 is 23.9 Å². The van der Waals surface area contributed by atoms with Gasteiger partial charge in [0.1, 0.15) is 18.7 Å². The van der Waals surface area contributed by atoms with E-state index in [1.165, 1.54) is 11.9 Å². The molecule has 8 heteroatoms. The topological polar surface area (TPSA) is 119 Å². The van der Waals surface area contributed by atoms with Gasteiger partial charge in [0.25, 0.3) is 5.91 Å². The van der Waals surface area contributed by atoms with E-state index in [9.17, 15) is 19.2 Å². The number of ether oxygens (including phenoxy) is 1. The van der Waals surface area contributed by atoms with E-state index >= 15 is 0 Å².